The molecule has 2 aliphatic rings. The molecule has 0 aromatic heterocycles. The highest BCUT2D eigenvalue weighted by atomic mass is 16.1. The van der Waals surface area contributed by atoms with Gasteiger partial charge in [-0.3, -0.25) is 14.4 Å². The molecule has 2 atom stereocenters. The van der Waals surface area contributed by atoms with Gasteiger partial charge in [0.25, 0.3) is 0 Å². The van der Waals surface area contributed by atoms with Gasteiger partial charge in [-0.2, -0.15) is 0 Å². The summed E-state index contributed by atoms with van der Waals surface area (Å²) in [4.78, 5) is 47.4. The number of Topliss-reactive ketones (excluding diaryl/α,β-unsaturated/α-hetero) is 2. The van der Waals surface area contributed by atoms with Gasteiger partial charge >= 0.3 is 0 Å². The summed E-state index contributed by atoms with van der Waals surface area (Å²) in [6.45, 7) is 14.3. The molecule has 0 amide bonds. The van der Waals surface area contributed by atoms with Crippen LogP contribution in [0.25, 0.3) is 11.1 Å². The van der Waals surface area contributed by atoms with E-state index in [1.54, 1.807) is 0 Å². The predicted molar refractivity (Wildman–Crippen MR) is 261 cm³/mol. The number of carbonyl (C=O) groups is 3. The molecule has 0 fully saturated rings. The molecule has 6 aromatic carbocycles. The van der Waals surface area contributed by atoms with Crippen LogP contribution in [-0.2, 0) is 0 Å². The number of aryl methyl sites for hydroxylation is 2. The number of rotatable bonds is 14. The number of hydrogen-bond donors (Lipinski definition) is 0. The molecule has 0 N–H and O–H groups in total. The van der Waals surface area contributed by atoms with Crippen molar-refractivity contribution in [1.82, 2.24) is 9.80 Å². The van der Waals surface area contributed by atoms with Crippen molar-refractivity contribution in [3.63, 3.8) is 0 Å². The molecule has 8 rings (SSSR count). The Morgan fingerprint density at radius 1 is 0.406 bits per heavy atom. The lowest BCUT2D eigenvalue weighted by Crippen LogP contribution is -2.25. The van der Waals surface area contributed by atoms with Crippen LogP contribution < -0.4 is 0 Å². The van der Waals surface area contributed by atoms with Crippen LogP contribution in [0, 0.1) is 27.7 Å². The first-order valence-electron chi connectivity index (χ1n) is 22.5. The lowest BCUT2D eigenvalue weighted by Gasteiger charge is -2.33. The van der Waals surface area contributed by atoms with Crippen LogP contribution in [0.15, 0.2) is 182 Å². The second-order valence-electron chi connectivity index (χ2n) is 17.1. The minimum atomic E-state index is -0.303. The highest BCUT2D eigenvalue weighted by molar-refractivity contribution is 6.13. The number of hydrogen-bond acceptors (Lipinski definition) is 5. The fourth-order valence-corrected chi connectivity index (χ4v) is 9.21. The molecular weight excluding hydrogens is 785 g/mol. The van der Waals surface area contributed by atoms with Crippen LogP contribution in [0.5, 0.6) is 0 Å². The van der Waals surface area contributed by atoms with Crippen molar-refractivity contribution in [2.45, 2.75) is 66.2 Å². The molecule has 0 radical (unpaired) electrons. The van der Waals surface area contributed by atoms with E-state index in [4.69, 9.17) is 0 Å². The standard InChI is InChI=1S/C59H56N2O3/c1-7-33-60-35-51(55(49-23-15-17-39(3)41(49)5)53(37-60)58(63)45-19-11-9-12-20-45)43-25-29-47(30-26-43)57(62)48-31-27-44(28-32-48)52-36-61(34-8-2)38-54(59(64)46-21-13-10-14-22-46)56(52)50-24-16-18-40(4)42(50)6/h9-32,35-38,55-56H,7-8,33-34H2,1-6H3. The zero-order valence-corrected chi connectivity index (χ0v) is 37.8. The molecule has 0 saturated carbocycles. The molecule has 0 spiro atoms. The van der Waals surface area contributed by atoms with Gasteiger partial charge in [-0.15, -0.1) is 0 Å². The highest BCUT2D eigenvalue weighted by Gasteiger charge is 2.35. The quantitative estimate of drug-likeness (QED) is 0.102. The summed E-state index contributed by atoms with van der Waals surface area (Å²) in [5, 5.41) is 0. The zero-order chi connectivity index (χ0) is 44.9. The van der Waals surface area contributed by atoms with Crippen molar-refractivity contribution in [3.8, 4) is 0 Å². The second kappa shape index (κ2) is 19.1. The van der Waals surface area contributed by atoms with Crippen molar-refractivity contribution < 1.29 is 14.4 Å². The minimum Gasteiger partial charge on any atom is -0.353 e. The fourth-order valence-electron chi connectivity index (χ4n) is 9.21. The van der Waals surface area contributed by atoms with Crippen LogP contribution in [0.2, 0.25) is 0 Å². The molecule has 5 heteroatoms. The van der Waals surface area contributed by atoms with Crippen molar-refractivity contribution in [3.05, 3.63) is 248 Å². The van der Waals surface area contributed by atoms with Crippen LogP contribution in [0.4, 0.5) is 0 Å². The normalized spacial score (nSPS) is 16.1. The first-order chi connectivity index (χ1) is 31.1. The third kappa shape index (κ3) is 8.76. The number of benzene rings is 6. The maximum atomic E-state index is 14.4. The van der Waals surface area contributed by atoms with Crippen molar-refractivity contribution in [1.29, 1.82) is 0 Å². The van der Waals surface area contributed by atoms with Crippen molar-refractivity contribution in [2.24, 2.45) is 0 Å². The Hall–Kier alpha value is -7.11. The summed E-state index contributed by atoms with van der Waals surface area (Å²) < 4.78 is 0. The number of carbonyl (C=O) groups excluding carboxylic acids is 3. The van der Waals surface area contributed by atoms with Gasteiger partial charge in [-0.1, -0.05) is 159 Å². The van der Waals surface area contributed by atoms with E-state index in [-0.39, 0.29) is 29.2 Å². The van der Waals surface area contributed by atoms with Gasteiger partial charge in [0.15, 0.2) is 17.3 Å². The summed E-state index contributed by atoms with van der Waals surface area (Å²) in [5.74, 6) is -0.673. The summed E-state index contributed by atoms with van der Waals surface area (Å²) in [6, 6.07) is 47.4. The third-order valence-corrected chi connectivity index (χ3v) is 12.9. The lowest BCUT2D eigenvalue weighted by molar-refractivity contribution is 0.102. The summed E-state index contributed by atoms with van der Waals surface area (Å²) in [7, 11) is 0. The molecule has 0 aliphatic carbocycles. The number of nitrogens with zero attached hydrogens (tertiary/aromatic N) is 2. The van der Waals surface area contributed by atoms with Gasteiger partial charge in [0.05, 0.1) is 0 Å². The summed E-state index contributed by atoms with van der Waals surface area (Å²) >= 11 is 0. The molecular formula is C59H56N2O3. The van der Waals surface area contributed by atoms with Crippen molar-refractivity contribution >= 4 is 28.5 Å². The Bertz CT molecular complexity index is 2630. The van der Waals surface area contributed by atoms with E-state index < -0.39 is 0 Å². The molecule has 320 valence electrons. The molecule has 0 saturated heterocycles. The van der Waals surface area contributed by atoms with Gasteiger partial charge in [0.1, 0.15) is 0 Å². The Morgan fingerprint density at radius 3 is 1.12 bits per heavy atom. The maximum absolute atomic E-state index is 14.4. The summed E-state index contributed by atoms with van der Waals surface area (Å²) in [5.41, 5.74) is 14.7. The maximum Gasteiger partial charge on any atom is 0.193 e. The van der Waals surface area contributed by atoms with Gasteiger partial charge < -0.3 is 9.80 Å². The predicted octanol–water partition coefficient (Wildman–Crippen LogP) is 13.4. The minimum absolute atomic E-state index is 0.00546. The van der Waals surface area contributed by atoms with Crippen LogP contribution in [-0.4, -0.2) is 40.2 Å². The molecule has 2 aliphatic heterocycles. The smallest absolute Gasteiger partial charge is 0.193 e. The SMILES string of the molecule is CCCN1C=C(C(=O)c2ccccc2)C(c2cccc(C)c2C)C(c2ccc(C(=O)c3ccc(C4=CN(CCC)C=C(C(=O)c5ccccc5)C4c4cccc(C)c4C)cc3)cc2)=C1. The third-order valence-electron chi connectivity index (χ3n) is 12.9. The molecule has 0 bridgehead atoms. The largest absolute Gasteiger partial charge is 0.353 e. The summed E-state index contributed by atoms with van der Waals surface area (Å²) in [6.07, 6.45) is 10.2. The average Bonchev–Trinajstić information content (AvgIpc) is 3.33. The molecule has 2 unspecified atom stereocenters. The van der Waals surface area contributed by atoms with E-state index in [1.165, 1.54) is 11.1 Å². The molecule has 2 heterocycles. The Balaban J connectivity index is 1.13. The molecule has 6 aromatic rings. The van der Waals surface area contributed by atoms with Gasteiger partial charge in [-0.25, -0.2) is 0 Å². The van der Waals surface area contributed by atoms with E-state index in [1.807, 2.05) is 122 Å². The zero-order valence-electron chi connectivity index (χ0n) is 37.8. The molecule has 5 nitrogen and oxygen atoms in total. The fraction of sp³-hybridized carbons (Fsp3) is 0.203. The van der Waals surface area contributed by atoms with Gasteiger partial charge in [0.2, 0.25) is 0 Å². The number of allylic oxidation sites excluding steroid dienone is 4. The van der Waals surface area contributed by atoms with Gasteiger partial charge in [0, 0.05) is 83.1 Å². The first-order valence-corrected chi connectivity index (χ1v) is 22.5. The van der Waals surface area contributed by atoms with E-state index >= 15 is 0 Å². The Kier molecular flexibility index (Phi) is 13.0. The van der Waals surface area contributed by atoms with Crippen LogP contribution >= 0.6 is 0 Å². The van der Waals surface area contributed by atoms with E-state index in [0.29, 0.717) is 22.3 Å². The number of ketones is 3. The van der Waals surface area contributed by atoms with Crippen molar-refractivity contribution in [2.75, 3.05) is 13.1 Å². The van der Waals surface area contributed by atoms with E-state index in [2.05, 4.69) is 100 Å². The van der Waals surface area contributed by atoms with E-state index in [0.717, 1.165) is 81.6 Å². The Labute approximate surface area is 378 Å². The van der Waals surface area contributed by atoms with Crippen LogP contribution in [0.1, 0.15) is 120 Å². The highest BCUT2D eigenvalue weighted by Crippen LogP contribution is 2.46. The monoisotopic (exact) mass is 840 g/mol. The van der Waals surface area contributed by atoms with Crippen LogP contribution in [0.3, 0.4) is 0 Å². The topological polar surface area (TPSA) is 57.7 Å². The molecule has 64 heavy (non-hydrogen) atoms. The second-order valence-corrected chi connectivity index (χ2v) is 17.1. The lowest BCUT2D eigenvalue weighted by atomic mass is 9.75. The Morgan fingerprint density at radius 2 is 0.766 bits per heavy atom. The first kappa shape index (κ1) is 43.5. The van der Waals surface area contributed by atoms with E-state index in [9.17, 15) is 14.4 Å². The average molecular weight is 841 g/mol. The van der Waals surface area contributed by atoms with Gasteiger partial charge in [-0.05, 0) is 96.2 Å².